The van der Waals surface area contributed by atoms with Gasteiger partial charge in [0.25, 0.3) is 6.43 Å². The van der Waals surface area contributed by atoms with Gasteiger partial charge in [-0.2, -0.15) is 5.26 Å². The van der Waals surface area contributed by atoms with Gasteiger partial charge in [-0.15, -0.1) is 0 Å². The SMILES string of the molecule is N#Cc1nc(C=O)cc(C(F)F)c1Br. The molecule has 72 valence electrons. The number of aromatic nitrogens is 1. The van der Waals surface area contributed by atoms with Crippen molar-refractivity contribution in [1.29, 1.82) is 5.26 Å². The van der Waals surface area contributed by atoms with Gasteiger partial charge in [0.15, 0.2) is 12.0 Å². The van der Waals surface area contributed by atoms with E-state index in [0.717, 1.165) is 6.07 Å². The molecule has 0 spiro atoms. The number of halogens is 3. The number of nitrogens with zero attached hydrogens (tertiary/aromatic N) is 2. The Morgan fingerprint density at radius 2 is 2.29 bits per heavy atom. The monoisotopic (exact) mass is 260 g/mol. The zero-order valence-corrected chi connectivity index (χ0v) is 8.25. The van der Waals surface area contributed by atoms with Crippen molar-refractivity contribution in [2.24, 2.45) is 0 Å². The Kier molecular flexibility index (Phi) is 3.25. The number of alkyl halides is 2. The van der Waals surface area contributed by atoms with E-state index in [2.05, 4.69) is 20.9 Å². The molecule has 0 aliphatic heterocycles. The van der Waals surface area contributed by atoms with Gasteiger partial charge in [-0.3, -0.25) is 4.79 Å². The lowest BCUT2D eigenvalue weighted by Gasteiger charge is -2.04. The van der Waals surface area contributed by atoms with E-state index in [1.165, 1.54) is 0 Å². The normalized spacial score (nSPS) is 9.93. The number of rotatable bonds is 2. The molecular weight excluding hydrogens is 258 g/mol. The fraction of sp³-hybridized carbons (Fsp3) is 0.125. The zero-order chi connectivity index (χ0) is 10.7. The first-order valence-corrected chi connectivity index (χ1v) is 4.23. The highest BCUT2D eigenvalue weighted by atomic mass is 79.9. The number of nitriles is 1. The first-order chi connectivity index (χ1) is 6.60. The number of hydrogen-bond donors (Lipinski definition) is 0. The smallest absolute Gasteiger partial charge is 0.265 e. The van der Waals surface area contributed by atoms with Crippen LogP contribution in [0.25, 0.3) is 0 Å². The minimum absolute atomic E-state index is 0.0689. The summed E-state index contributed by atoms with van der Waals surface area (Å²) in [5.41, 5.74) is -0.802. The van der Waals surface area contributed by atoms with Crippen molar-refractivity contribution in [3.05, 3.63) is 27.5 Å². The Morgan fingerprint density at radius 1 is 1.64 bits per heavy atom. The fourth-order valence-electron chi connectivity index (χ4n) is 0.863. The predicted molar refractivity (Wildman–Crippen MR) is 47.0 cm³/mol. The van der Waals surface area contributed by atoms with Crippen LogP contribution in [0.2, 0.25) is 0 Å². The number of carbonyl (C=O) groups is 1. The minimum atomic E-state index is -2.75. The fourth-order valence-corrected chi connectivity index (χ4v) is 1.33. The van der Waals surface area contributed by atoms with Crippen LogP contribution in [0, 0.1) is 11.3 Å². The molecule has 1 heterocycles. The third-order valence-electron chi connectivity index (χ3n) is 1.47. The summed E-state index contributed by atoms with van der Waals surface area (Å²) in [6, 6.07) is 2.56. The highest BCUT2D eigenvalue weighted by molar-refractivity contribution is 9.10. The molecular formula is C8H3BrF2N2O. The molecule has 0 atom stereocenters. The molecule has 14 heavy (non-hydrogen) atoms. The lowest BCUT2D eigenvalue weighted by Crippen LogP contribution is -1.98. The second kappa shape index (κ2) is 4.24. The Balaban J connectivity index is 3.43. The van der Waals surface area contributed by atoms with Crippen molar-refractivity contribution in [3.8, 4) is 6.07 Å². The van der Waals surface area contributed by atoms with Gasteiger partial charge in [0.2, 0.25) is 0 Å². The van der Waals surface area contributed by atoms with Gasteiger partial charge >= 0.3 is 0 Å². The third kappa shape index (κ3) is 1.93. The van der Waals surface area contributed by atoms with Crippen LogP contribution in [0.3, 0.4) is 0 Å². The molecule has 0 aliphatic rings. The van der Waals surface area contributed by atoms with Crippen molar-refractivity contribution in [3.63, 3.8) is 0 Å². The van der Waals surface area contributed by atoms with Gasteiger partial charge in [-0.05, 0) is 22.0 Å². The van der Waals surface area contributed by atoms with Gasteiger partial charge < -0.3 is 0 Å². The molecule has 1 aromatic heterocycles. The van der Waals surface area contributed by atoms with Gasteiger partial charge in [-0.1, -0.05) is 0 Å². The molecule has 0 fully saturated rings. The molecule has 0 saturated heterocycles. The van der Waals surface area contributed by atoms with Crippen molar-refractivity contribution >= 4 is 22.2 Å². The van der Waals surface area contributed by atoms with Gasteiger partial charge in [-0.25, -0.2) is 13.8 Å². The maximum Gasteiger partial charge on any atom is 0.265 e. The van der Waals surface area contributed by atoms with E-state index in [-0.39, 0.29) is 15.9 Å². The zero-order valence-electron chi connectivity index (χ0n) is 6.67. The third-order valence-corrected chi connectivity index (χ3v) is 2.30. The molecule has 0 saturated carbocycles. The Hall–Kier alpha value is -1.35. The van der Waals surface area contributed by atoms with E-state index in [9.17, 15) is 13.6 Å². The summed E-state index contributed by atoms with van der Waals surface area (Å²) in [5, 5.41) is 8.54. The standard InChI is InChI=1S/C8H3BrF2N2O/c9-7-5(8(10)11)1-4(3-14)13-6(7)2-12/h1,3,8H. The van der Waals surface area contributed by atoms with Crippen LogP contribution in [0.1, 0.15) is 28.2 Å². The lowest BCUT2D eigenvalue weighted by atomic mass is 10.2. The summed E-state index contributed by atoms with van der Waals surface area (Å²) in [6.07, 6.45) is -2.43. The van der Waals surface area contributed by atoms with Crippen LogP contribution in [0.15, 0.2) is 10.5 Å². The Labute approximate surface area is 86.5 Å². The summed E-state index contributed by atoms with van der Waals surface area (Å²) >= 11 is 2.82. The number of carbonyl (C=O) groups excluding carboxylic acids is 1. The van der Waals surface area contributed by atoms with Crippen molar-refractivity contribution in [2.75, 3.05) is 0 Å². The van der Waals surface area contributed by atoms with Crippen LogP contribution in [-0.4, -0.2) is 11.3 Å². The van der Waals surface area contributed by atoms with E-state index >= 15 is 0 Å². The van der Waals surface area contributed by atoms with Crippen molar-refractivity contribution in [1.82, 2.24) is 4.98 Å². The van der Waals surface area contributed by atoms with Gasteiger partial charge in [0, 0.05) is 5.56 Å². The Bertz CT molecular complexity index is 415. The summed E-state index contributed by atoms with van der Waals surface area (Å²) < 4.78 is 24.7. The quantitative estimate of drug-likeness (QED) is 0.768. The summed E-state index contributed by atoms with van der Waals surface area (Å²) in [4.78, 5) is 13.9. The largest absolute Gasteiger partial charge is 0.296 e. The number of pyridine rings is 1. The Morgan fingerprint density at radius 3 is 2.71 bits per heavy atom. The molecule has 0 aliphatic carbocycles. The number of aldehydes is 1. The summed E-state index contributed by atoms with van der Waals surface area (Å²) in [5.74, 6) is 0. The van der Waals surface area contributed by atoms with Gasteiger partial charge in [0.1, 0.15) is 11.8 Å². The molecule has 0 amide bonds. The van der Waals surface area contributed by atoms with Gasteiger partial charge in [0.05, 0.1) is 4.47 Å². The highest BCUT2D eigenvalue weighted by Crippen LogP contribution is 2.29. The molecule has 0 unspecified atom stereocenters. The molecule has 6 heteroatoms. The highest BCUT2D eigenvalue weighted by Gasteiger charge is 2.17. The van der Waals surface area contributed by atoms with Crippen LogP contribution >= 0.6 is 15.9 Å². The predicted octanol–water partition coefficient (Wildman–Crippen LogP) is 2.47. The van der Waals surface area contributed by atoms with Crippen molar-refractivity contribution in [2.45, 2.75) is 6.43 Å². The second-order valence-electron chi connectivity index (χ2n) is 2.33. The van der Waals surface area contributed by atoms with Crippen LogP contribution in [0.4, 0.5) is 8.78 Å². The topological polar surface area (TPSA) is 53.8 Å². The van der Waals surface area contributed by atoms with Crippen LogP contribution in [-0.2, 0) is 0 Å². The van der Waals surface area contributed by atoms with E-state index < -0.39 is 12.0 Å². The molecule has 1 rings (SSSR count). The van der Waals surface area contributed by atoms with E-state index in [4.69, 9.17) is 5.26 Å². The second-order valence-corrected chi connectivity index (χ2v) is 3.12. The number of hydrogen-bond acceptors (Lipinski definition) is 3. The van der Waals surface area contributed by atoms with E-state index in [1.807, 2.05) is 0 Å². The van der Waals surface area contributed by atoms with E-state index in [0.29, 0.717) is 6.29 Å². The van der Waals surface area contributed by atoms with Crippen molar-refractivity contribution < 1.29 is 13.6 Å². The molecule has 1 aromatic rings. The molecule has 0 aromatic carbocycles. The molecule has 0 radical (unpaired) electrons. The molecule has 3 nitrogen and oxygen atoms in total. The summed E-state index contributed by atoms with van der Waals surface area (Å²) in [7, 11) is 0. The van der Waals surface area contributed by atoms with E-state index in [1.54, 1.807) is 6.07 Å². The maximum atomic E-state index is 12.4. The first kappa shape index (κ1) is 10.7. The average molecular weight is 261 g/mol. The maximum absolute atomic E-state index is 12.4. The lowest BCUT2D eigenvalue weighted by molar-refractivity contribution is 0.111. The average Bonchev–Trinajstić information content (AvgIpc) is 2.17. The molecule has 0 bridgehead atoms. The minimum Gasteiger partial charge on any atom is -0.296 e. The van der Waals surface area contributed by atoms with Crippen LogP contribution in [0.5, 0.6) is 0 Å². The summed E-state index contributed by atoms with van der Waals surface area (Å²) in [6.45, 7) is 0. The molecule has 0 N–H and O–H groups in total. The van der Waals surface area contributed by atoms with Crippen LogP contribution < -0.4 is 0 Å². The first-order valence-electron chi connectivity index (χ1n) is 3.44.